The molecule has 0 aromatic rings. The molecule has 0 saturated heterocycles. The van der Waals surface area contributed by atoms with Crippen LogP contribution >= 0.6 is 0 Å². The summed E-state index contributed by atoms with van der Waals surface area (Å²) in [5, 5.41) is 14.6. The van der Waals surface area contributed by atoms with Gasteiger partial charge in [0.15, 0.2) is 0 Å². The molecule has 5 heteroatoms. The third-order valence-corrected chi connectivity index (χ3v) is 3.26. The van der Waals surface area contributed by atoms with Crippen molar-refractivity contribution in [2.45, 2.75) is 40.0 Å². The lowest BCUT2D eigenvalue weighted by Gasteiger charge is -2.29. The van der Waals surface area contributed by atoms with Crippen LogP contribution in [0.3, 0.4) is 0 Å². The molecule has 0 radical (unpaired) electrons. The van der Waals surface area contributed by atoms with Gasteiger partial charge in [-0.15, -0.1) is 0 Å². The second kappa shape index (κ2) is 8.06. The summed E-state index contributed by atoms with van der Waals surface area (Å²) in [6.45, 7) is 6.22. The molecule has 17 heavy (non-hydrogen) atoms. The Hall–Kier alpha value is -1.10. The van der Waals surface area contributed by atoms with Crippen LogP contribution in [0.5, 0.6) is 0 Å². The Kier molecular flexibility index (Phi) is 7.54. The fourth-order valence-electron chi connectivity index (χ4n) is 1.43. The lowest BCUT2D eigenvalue weighted by atomic mass is 9.83. The topological polar surface area (TPSA) is 78.4 Å². The Labute approximate surface area is 103 Å². The van der Waals surface area contributed by atoms with Gasteiger partial charge in [-0.25, -0.2) is 0 Å². The molecule has 100 valence electrons. The van der Waals surface area contributed by atoms with E-state index in [0.29, 0.717) is 13.0 Å². The molecule has 0 rings (SSSR count). The van der Waals surface area contributed by atoms with Gasteiger partial charge < -0.3 is 15.7 Å². The molecular formula is C12H24N2O3. The predicted octanol–water partition coefficient (Wildman–Crippen LogP) is 0.428. The Morgan fingerprint density at radius 3 is 2.06 bits per heavy atom. The van der Waals surface area contributed by atoms with E-state index >= 15 is 0 Å². The van der Waals surface area contributed by atoms with Crippen molar-refractivity contribution in [3.8, 4) is 0 Å². The van der Waals surface area contributed by atoms with Crippen molar-refractivity contribution >= 4 is 11.8 Å². The first kappa shape index (κ1) is 15.9. The summed E-state index contributed by atoms with van der Waals surface area (Å²) < 4.78 is 0. The van der Waals surface area contributed by atoms with Gasteiger partial charge in [0.2, 0.25) is 11.8 Å². The monoisotopic (exact) mass is 244 g/mol. The van der Waals surface area contributed by atoms with Crippen molar-refractivity contribution < 1.29 is 14.7 Å². The van der Waals surface area contributed by atoms with Crippen molar-refractivity contribution in [3.05, 3.63) is 0 Å². The van der Waals surface area contributed by atoms with E-state index in [2.05, 4.69) is 10.6 Å². The van der Waals surface area contributed by atoms with Gasteiger partial charge in [0.05, 0.1) is 13.2 Å². The van der Waals surface area contributed by atoms with Crippen LogP contribution in [-0.2, 0) is 9.59 Å². The first-order chi connectivity index (χ1) is 8.03. The molecule has 0 aliphatic carbocycles. The van der Waals surface area contributed by atoms with E-state index in [-0.39, 0.29) is 30.4 Å². The zero-order chi connectivity index (χ0) is 13.3. The van der Waals surface area contributed by atoms with Crippen LogP contribution < -0.4 is 10.6 Å². The van der Waals surface area contributed by atoms with Gasteiger partial charge in [0, 0.05) is 18.4 Å². The van der Waals surface area contributed by atoms with Gasteiger partial charge in [-0.2, -0.15) is 0 Å². The lowest BCUT2D eigenvalue weighted by Crippen LogP contribution is -2.43. The average molecular weight is 244 g/mol. The number of hydrogen-bond acceptors (Lipinski definition) is 3. The van der Waals surface area contributed by atoms with Crippen LogP contribution in [0.15, 0.2) is 0 Å². The third kappa shape index (κ3) is 5.68. The number of hydrogen-bond donors (Lipinski definition) is 3. The summed E-state index contributed by atoms with van der Waals surface area (Å²) in [7, 11) is 0. The second-order valence-corrected chi connectivity index (χ2v) is 4.27. The van der Waals surface area contributed by atoms with E-state index in [1.165, 1.54) is 0 Å². The highest BCUT2D eigenvalue weighted by molar-refractivity contribution is 5.84. The van der Waals surface area contributed by atoms with E-state index in [0.717, 1.165) is 12.8 Å². The van der Waals surface area contributed by atoms with Gasteiger partial charge in [-0.3, -0.25) is 9.59 Å². The fourth-order valence-corrected chi connectivity index (χ4v) is 1.43. The minimum Gasteiger partial charge on any atom is -0.396 e. The maximum Gasteiger partial charge on any atom is 0.239 e. The van der Waals surface area contributed by atoms with Crippen molar-refractivity contribution in [1.82, 2.24) is 10.6 Å². The SMILES string of the molecule is CCC(=O)NCC(=O)NCC(CC)(CC)CO. The van der Waals surface area contributed by atoms with Gasteiger partial charge in [0.25, 0.3) is 0 Å². The number of nitrogens with one attached hydrogen (secondary N) is 2. The highest BCUT2D eigenvalue weighted by Gasteiger charge is 2.25. The van der Waals surface area contributed by atoms with E-state index in [1.54, 1.807) is 6.92 Å². The number of rotatable bonds is 8. The molecule has 0 heterocycles. The smallest absolute Gasteiger partial charge is 0.239 e. The van der Waals surface area contributed by atoms with Crippen LogP contribution in [0.1, 0.15) is 40.0 Å². The molecule has 0 aromatic heterocycles. The van der Waals surface area contributed by atoms with E-state index in [9.17, 15) is 14.7 Å². The molecule has 0 bridgehead atoms. The molecule has 0 fully saturated rings. The maximum absolute atomic E-state index is 11.5. The molecule has 0 saturated carbocycles. The number of carbonyl (C=O) groups excluding carboxylic acids is 2. The van der Waals surface area contributed by atoms with Gasteiger partial charge >= 0.3 is 0 Å². The fraction of sp³-hybridized carbons (Fsp3) is 0.833. The second-order valence-electron chi connectivity index (χ2n) is 4.27. The Morgan fingerprint density at radius 1 is 1.06 bits per heavy atom. The number of aliphatic hydroxyl groups excluding tert-OH is 1. The minimum atomic E-state index is -0.246. The standard InChI is InChI=1S/C12H24N2O3/c1-4-10(16)13-7-11(17)14-8-12(5-2,6-3)9-15/h15H,4-9H2,1-3H3,(H,13,16)(H,14,17). The molecule has 0 spiro atoms. The largest absolute Gasteiger partial charge is 0.396 e. The van der Waals surface area contributed by atoms with Crippen LogP contribution in [0, 0.1) is 5.41 Å². The number of amides is 2. The average Bonchev–Trinajstić information content (AvgIpc) is 2.38. The summed E-state index contributed by atoms with van der Waals surface area (Å²) in [4.78, 5) is 22.4. The highest BCUT2D eigenvalue weighted by Crippen LogP contribution is 2.24. The Bertz CT molecular complexity index is 242. The molecule has 3 N–H and O–H groups in total. The number of aliphatic hydroxyl groups is 1. The first-order valence-electron chi connectivity index (χ1n) is 6.17. The predicted molar refractivity (Wildman–Crippen MR) is 66.4 cm³/mol. The van der Waals surface area contributed by atoms with Gasteiger partial charge in [-0.05, 0) is 12.8 Å². The van der Waals surface area contributed by atoms with E-state index < -0.39 is 0 Å². The summed E-state index contributed by atoms with van der Waals surface area (Å²) in [5.41, 5.74) is -0.246. The van der Waals surface area contributed by atoms with Crippen LogP contribution in [-0.4, -0.2) is 36.6 Å². The summed E-state index contributed by atoms with van der Waals surface area (Å²) in [6.07, 6.45) is 1.99. The van der Waals surface area contributed by atoms with Crippen molar-refractivity contribution in [2.24, 2.45) is 5.41 Å². The molecule has 0 unspecified atom stereocenters. The molecule has 0 aliphatic rings. The van der Waals surface area contributed by atoms with Crippen LogP contribution in [0.2, 0.25) is 0 Å². The normalized spacial score (nSPS) is 11.1. The Balaban J connectivity index is 4.01. The summed E-state index contributed by atoms with van der Waals surface area (Å²) in [6, 6.07) is 0. The van der Waals surface area contributed by atoms with Crippen molar-refractivity contribution in [3.63, 3.8) is 0 Å². The molecule has 0 aliphatic heterocycles. The van der Waals surface area contributed by atoms with Gasteiger partial charge in [0.1, 0.15) is 0 Å². The zero-order valence-corrected chi connectivity index (χ0v) is 11.0. The van der Waals surface area contributed by atoms with Crippen LogP contribution in [0.4, 0.5) is 0 Å². The zero-order valence-electron chi connectivity index (χ0n) is 11.0. The molecule has 0 aromatic carbocycles. The van der Waals surface area contributed by atoms with E-state index in [1.807, 2.05) is 13.8 Å². The van der Waals surface area contributed by atoms with Crippen LogP contribution in [0.25, 0.3) is 0 Å². The quantitative estimate of drug-likeness (QED) is 0.579. The highest BCUT2D eigenvalue weighted by atomic mass is 16.3. The minimum absolute atomic E-state index is 0.00160. The van der Waals surface area contributed by atoms with E-state index in [4.69, 9.17) is 0 Å². The lowest BCUT2D eigenvalue weighted by molar-refractivity contribution is -0.126. The van der Waals surface area contributed by atoms with Gasteiger partial charge in [-0.1, -0.05) is 20.8 Å². The first-order valence-corrected chi connectivity index (χ1v) is 6.17. The maximum atomic E-state index is 11.5. The third-order valence-electron chi connectivity index (χ3n) is 3.26. The number of carbonyl (C=O) groups is 2. The summed E-state index contributed by atoms with van der Waals surface area (Å²) >= 11 is 0. The molecule has 0 atom stereocenters. The summed E-state index contributed by atoms with van der Waals surface area (Å²) in [5.74, 6) is -0.355. The molecular weight excluding hydrogens is 220 g/mol. The molecule has 5 nitrogen and oxygen atoms in total. The Morgan fingerprint density at radius 2 is 1.65 bits per heavy atom. The van der Waals surface area contributed by atoms with Crippen molar-refractivity contribution in [1.29, 1.82) is 0 Å². The molecule has 2 amide bonds. The van der Waals surface area contributed by atoms with Crippen molar-refractivity contribution in [2.75, 3.05) is 19.7 Å².